The fourth-order valence-corrected chi connectivity index (χ4v) is 3.14. The number of hydrogen-bond acceptors (Lipinski definition) is 2. The van der Waals surface area contributed by atoms with Crippen molar-refractivity contribution in [2.45, 2.75) is 19.1 Å². The Morgan fingerprint density at radius 3 is 1.92 bits per heavy atom. The van der Waals surface area contributed by atoms with E-state index < -0.39 is 0 Å². The summed E-state index contributed by atoms with van der Waals surface area (Å²) in [4.78, 5) is 4.55. The highest BCUT2D eigenvalue weighted by molar-refractivity contribution is 6.44. The number of hydrogen-bond donors (Lipinski definition) is 0. The standard InChI is InChI=1S/C9H22N2Si/c1-8(2)12-7-9(10(3)4)11(5)6/h9H,1,7,12H2,2-6H3. The van der Waals surface area contributed by atoms with E-state index in [1.165, 1.54) is 11.2 Å². The highest BCUT2D eigenvalue weighted by Crippen LogP contribution is 2.04. The lowest BCUT2D eigenvalue weighted by molar-refractivity contribution is 0.147. The van der Waals surface area contributed by atoms with Crippen molar-refractivity contribution < 1.29 is 0 Å². The summed E-state index contributed by atoms with van der Waals surface area (Å²) in [5.41, 5.74) is 0. The fraction of sp³-hybridized carbons (Fsp3) is 0.778. The molecule has 0 aliphatic rings. The molecule has 0 rings (SSSR count). The molecule has 0 saturated heterocycles. The summed E-state index contributed by atoms with van der Waals surface area (Å²) < 4.78 is 0. The molecule has 0 aliphatic heterocycles. The number of allylic oxidation sites excluding steroid dienone is 1. The van der Waals surface area contributed by atoms with E-state index in [0.717, 1.165) is 0 Å². The zero-order chi connectivity index (χ0) is 9.72. The minimum atomic E-state index is -0.0647. The molecule has 0 heterocycles. The molecule has 0 aromatic heterocycles. The summed E-state index contributed by atoms with van der Waals surface area (Å²) in [6, 6.07) is 1.30. The first-order valence-electron chi connectivity index (χ1n) is 4.42. The Morgan fingerprint density at radius 2 is 1.67 bits per heavy atom. The van der Waals surface area contributed by atoms with Gasteiger partial charge in [0.1, 0.15) is 0 Å². The summed E-state index contributed by atoms with van der Waals surface area (Å²) >= 11 is 0. The van der Waals surface area contributed by atoms with Crippen molar-refractivity contribution in [3.63, 3.8) is 0 Å². The van der Waals surface area contributed by atoms with Crippen LogP contribution in [0.3, 0.4) is 0 Å². The smallest absolute Gasteiger partial charge is 0.0586 e. The van der Waals surface area contributed by atoms with Crippen LogP contribution in [-0.2, 0) is 0 Å². The van der Waals surface area contributed by atoms with Gasteiger partial charge in [0.15, 0.2) is 0 Å². The summed E-state index contributed by atoms with van der Waals surface area (Å²) in [7, 11) is 8.48. The minimum Gasteiger partial charge on any atom is -0.294 e. The van der Waals surface area contributed by atoms with Gasteiger partial charge in [0.25, 0.3) is 0 Å². The second-order valence-electron chi connectivity index (χ2n) is 3.90. The van der Waals surface area contributed by atoms with E-state index in [2.05, 4.69) is 51.5 Å². The third-order valence-electron chi connectivity index (χ3n) is 2.02. The zero-order valence-corrected chi connectivity index (χ0v) is 10.5. The van der Waals surface area contributed by atoms with Gasteiger partial charge < -0.3 is 0 Å². The molecule has 0 aromatic rings. The molecule has 2 nitrogen and oxygen atoms in total. The van der Waals surface area contributed by atoms with Crippen LogP contribution in [0.5, 0.6) is 0 Å². The molecular formula is C9H22N2Si. The molecule has 0 atom stereocenters. The molecule has 0 bridgehead atoms. The van der Waals surface area contributed by atoms with Crippen molar-refractivity contribution in [1.82, 2.24) is 9.80 Å². The quantitative estimate of drug-likeness (QED) is 0.457. The fourth-order valence-electron chi connectivity index (χ4n) is 1.35. The van der Waals surface area contributed by atoms with Crippen LogP contribution in [0, 0.1) is 0 Å². The van der Waals surface area contributed by atoms with Crippen LogP contribution < -0.4 is 0 Å². The van der Waals surface area contributed by atoms with E-state index in [9.17, 15) is 0 Å². The van der Waals surface area contributed by atoms with Gasteiger partial charge in [0.05, 0.1) is 15.7 Å². The number of nitrogens with zero attached hydrogens (tertiary/aromatic N) is 2. The van der Waals surface area contributed by atoms with E-state index in [-0.39, 0.29) is 9.52 Å². The monoisotopic (exact) mass is 186 g/mol. The average molecular weight is 186 g/mol. The first-order valence-corrected chi connectivity index (χ1v) is 6.13. The van der Waals surface area contributed by atoms with Crippen molar-refractivity contribution in [3.8, 4) is 0 Å². The topological polar surface area (TPSA) is 6.48 Å². The number of rotatable bonds is 5. The zero-order valence-electron chi connectivity index (χ0n) is 9.09. The second kappa shape index (κ2) is 5.51. The van der Waals surface area contributed by atoms with Crippen molar-refractivity contribution in [2.24, 2.45) is 0 Å². The summed E-state index contributed by atoms with van der Waals surface area (Å²) in [5.74, 6) is 0. The van der Waals surface area contributed by atoms with Gasteiger partial charge in [-0.3, -0.25) is 9.80 Å². The molecule has 0 unspecified atom stereocenters. The van der Waals surface area contributed by atoms with E-state index in [0.29, 0.717) is 6.17 Å². The molecule has 0 radical (unpaired) electrons. The predicted molar refractivity (Wildman–Crippen MR) is 59.3 cm³/mol. The molecule has 72 valence electrons. The molecule has 0 N–H and O–H groups in total. The molecule has 0 amide bonds. The maximum Gasteiger partial charge on any atom is 0.0586 e. The molecule has 0 aliphatic carbocycles. The normalized spacial score (nSPS) is 12.7. The van der Waals surface area contributed by atoms with Crippen molar-refractivity contribution in [2.75, 3.05) is 28.2 Å². The van der Waals surface area contributed by atoms with E-state index in [1.54, 1.807) is 0 Å². The van der Waals surface area contributed by atoms with Crippen LogP contribution in [0.1, 0.15) is 6.92 Å². The van der Waals surface area contributed by atoms with Crippen molar-refractivity contribution in [3.05, 3.63) is 11.8 Å². The SMILES string of the molecule is C=C(C)[SiH2]CC(N(C)C)N(C)C. The van der Waals surface area contributed by atoms with Gasteiger partial charge in [-0.15, -0.1) is 6.58 Å². The third kappa shape index (κ3) is 4.69. The average Bonchev–Trinajstić information content (AvgIpc) is 1.84. The highest BCUT2D eigenvalue weighted by atomic mass is 28.2. The maximum absolute atomic E-state index is 3.97. The van der Waals surface area contributed by atoms with Gasteiger partial charge in [-0.25, -0.2) is 0 Å². The Bertz CT molecular complexity index is 135. The van der Waals surface area contributed by atoms with Gasteiger partial charge >= 0.3 is 0 Å². The van der Waals surface area contributed by atoms with Crippen molar-refractivity contribution >= 4 is 9.52 Å². The lowest BCUT2D eigenvalue weighted by Crippen LogP contribution is -2.41. The third-order valence-corrected chi connectivity index (χ3v) is 3.68. The van der Waals surface area contributed by atoms with E-state index in [1.807, 2.05) is 0 Å². The molecule has 12 heavy (non-hydrogen) atoms. The van der Waals surface area contributed by atoms with Crippen molar-refractivity contribution in [1.29, 1.82) is 0 Å². The first kappa shape index (κ1) is 11.9. The Balaban J connectivity index is 3.88. The van der Waals surface area contributed by atoms with E-state index >= 15 is 0 Å². The van der Waals surface area contributed by atoms with Gasteiger partial charge in [0.2, 0.25) is 0 Å². The predicted octanol–water partition coefficient (Wildman–Crippen LogP) is 0.556. The molecule has 0 fully saturated rings. The Hall–Kier alpha value is -0.123. The second-order valence-corrected chi connectivity index (χ2v) is 6.19. The summed E-state index contributed by atoms with van der Waals surface area (Å²) in [6.07, 6.45) is 0.591. The molecule has 0 saturated carbocycles. The summed E-state index contributed by atoms with van der Waals surface area (Å²) in [5, 5.41) is 1.41. The van der Waals surface area contributed by atoms with Gasteiger partial charge in [-0.2, -0.15) is 0 Å². The Kier molecular flexibility index (Phi) is 5.45. The maximum atomic E-state index is 3.97. The van der Waals surface area contributed by atoms with Crippen LogP contribution >= 0.6 is 0 Å². The Labute approximate surface area is 79.1 Å². The lowest BCUT2D eigenvalue weighted by atomic mass is 10.5. The largest absolute Gasteiger partial charge is 0.294 e. The highest BCUT2D eigenvalue weighted by Gasteiger charge is 2.12. The first-order chi connectivity index (χ1) is 5.45. The molecule has 3 heteroatoms. The van der Waals surface area contributed by atoms with Crippen LogP contribution in [-0.4, -0.2) is 53.7 Å². The minimum absolute atomic E-state index is 0.0647. The van der Waals surface area contributed by atoms with Gasteiger partial charge in [-0.05, 0) is 41.2 Å². The van der Waals surface area contributed by atoms with Crippen LogP contribution in [0.25, 0.3) is 0 Å². The van der Waals surface area contributed by atoms with E-state index in [4.69, 9.17) is 0 Å². The van der Waals surface area contributed by atoms with Crippen LogP contribution in [0.15, 0.2) is 11.8 Å². The van der Waals surface area contributed by atoms with Crippen LogP contribution in [0.4, 0.5) is 0 Å². The molecule has 0 aromatic carbocycles. The Morgan fingerprint density at radius 1 is 1.25 bits per heavy atom. The van der Waals surface area contributed by atoms with Gasteiger partial charge in [0, 0.05) is 0 Å². The molecular weight excluding hydrogens is 164 g/mol. The molecule has 0 spiro atoms. The van der Waals surface area contributed by atoms with Crippen LogP contribution in [0.2, 0.25) is 6.04 Å². The van der Waals surface area contributed by atoms with Gasteiger partial charge in [-0.1, -0.05) is 5.20 Å². The summed E-state index contributed by atoms with van der Waals surface area (Å²) in [6.45, 7) is 6.12. The lowest BCUT2D eigenvalue weighted by Gasteiger charge is -2.30.